The summed E-state index contributed by atoms with van der Waals surface area (Å²) in [5, 5.41) is 3.97. The Balaban J connectivity index is 1.85. The molecular weight excluding hydrogens is 244 g/mol. The minimum atomic E-state index is 0.594. The van der Waals surface area contributed by atoms with Gasteiger partial charge in [0.15, 0.2) is 5.82 Å². The molecule has 6 nitrogen and oxygen atoms in total. The van der Waals surface area contributed by atoms with E-state index in [1.54, 1.807) is 7.11 Å². The number of hydrogen-bond donors (Lipinski definition) is 0. The molecule has 1 atom stereocenters. The summed E-state index contributed by atoms with van der Waals surface area (Å²) in [5.74, 6) is 1.43. The molecule has 1 saturated heterocycles. The highest BCUT2D eigenvalue weighted by Gasteiger charge is 2.26. The van der Waals surface area contributed by atoms with Gasteiger partial charge in [-0.2, -0.15) is 4.98 Å². The first kappa shape index (κ1) is 14.4. The van der Waals surface area contributed by atoms with Crippen LogP contribution in [0.15, 0.2) is 4.52 Å². The predicted molar refractivity (Wildman–Crippen MR) is 71.8 cm³/mol. The normalized spacial score (nSPS) is 21.9. The number of hydrogen-bond acceptors (Lipinski definition) is 6. The average Bonchev–Trinajstić information content (AvgIpc) is 2.82. The molecule has 0 aliphatic carbocycles. The second kappa shape index (κ2) is 6.98. The Morgan fingerprint density at radius 3 is 2.89 bits per heavy atom. The van der Waals surface area contributed by atoms with Crippen molar-refractivity contribution in [2.75, 3.05) is 39.9 Å². The van der Waals surface area contributed by atoms with E-state index in [-0.39, 0.29) is 0 Å². The smallest absolute Gasteiger partial charge is 0.223 e. The molecule has 0 saturated carbocycles. The maximum absolute atomic E-state index is 5.17. The fraction of sp³-hybridized carbons (Fsp3) is 0.846. The van der Waals surface area contributed by atoms with E-state index in [0.29, 0.717) is 11.9 Å². The molecule has 1 aromatic heterocycles. The Bertz CT molecular complexity index is 382. The van der Waals surface area contributed by atoms with Crippen LogP contribution in [0, 0.1) is 6.92 Å². The van der Waals surface area contributed by atoms with Gasteiger partial charge in [-0.05, 0) is 6.42 Å². The number of piperazine rings is 1. The van der Waals surface area contributed by atoms with Crippen molar-refractivity contribution in [2.45, 2.75) is 32.9 Å². The van der Waals surface area contributed by atoms with Crippen molar-refractivity contribution in [1.29, 1.82) is 0 Å². The van der Waals surface area contributed by atoms with Gasteiger partial charge in [0.25, 0.3) is 0 Å². The monoisotopic (exact) mass is 268 g/mol. The number of methoxy groups -OCH3 is 1. The lowest BCUT2D eigenvalue weighted by atomic mass is 10.1. The lowest BCUT2D eigenvalue weighted by Crippen LogP contribution is -2.53. The number of rotatable bonds is 6. The van der Waals surface area contributed by atoms with Crippen LogP contribution in [0.1, 0.15) is 25.1 Å². The molecule has 108 valence electrons. The summed E-state index contributed by atoms with van der Waals surface area (Å²) in [6.45, 7) is 9.87. The summed E-state index contributed by atoms with van der Waals surface area (Å²) in [6, 6.07) is 0.594. The predicted octanol–water partition coefficient (Wildman–Crippen LogP) is 0.921. The van der Waals surface area contributed by atoms with Crippen LogP contribution >= 0.6 is 0 Å². The lowest BCUT2D eigenvalue weighted by molar-refractivity contribution is 0.0452. The molecule has 2 heterocycles. The lowest BCUT2D eigenvalue weighted by Gasteiger charge is -2.40. The highest BCUT2D eigenvalue weighted by Crippen LogP contribution is 2.14. The largest absolute Gasteiger partial charge is 0.383 e. The molecule has 0 unspecified atom stereocenters. The van der Waals surface area contributed by atoms with Crippen molar-refractivity contribution in [2.24, 2.45) is 0 Å². The van der Waals surface area contributed by atoms with Crippen LogP contribution in [-0.2, 0) is 11.3 Å². The van der Waals surface area contributed by atoms with Crippen molar-refractivity contribution < 1.29 is 9.26 Å². The Hall–Kier alpha value is -0.980. The summed E-state index contributed by atoms with van der Waals surface area (Å²) in [7, 11) is 1.76. The molecule has 2 rings (SSSR count). The number of aromatic nitrogens is 2. The van der Waals surface area contributed by atoms with Gasteiger partial charge in [-0.3, -0.25) is 9.80 Å². The van der Waals surface area contributed by atoms with Gasteiger partial charge in [-0.1, -0.05) is 12.1 Å². The van der Waals surface area contributed by atoms with Crippen LogP contribution in [0.4, 0.5) is 0 Å². The van der Waals surface area contributed by atoms with Crippen molar-refractivity contribution in [3.63, 3.8) is 0 Å². The molecule has 1 fully saturated rings. The number of nitrogens with zero attached hydrogens (tertiary/aromatic N) is 4. The first-order valence-electron chi connectivity index (χ1n) is 6.97. The molecule has 19 heavy (non-hydrogen) atoms. The zero-order chi connectivity index (χ0) is 13.7. The number of aryl methyl sites for hydroxylation is 1. The zero-order valence-electron chi connectivity index (χ0n) is 12.1. The quantitative estimate of drug-likeness (QED) is 0.765. The fourth-order valence-corrected chi connectivity index (χ4v) is 2.60. The number of ether oxygens (including phenoxy) is 1. The maximum atomic E-state index is 5.17. The van der Waals surface area contributed by atoms with Gasteiger partial charge in [-0.25, -0.2) is 0 Å². The molecule has 6 heteroatoms. The second-order valence-electron chi connectivity index (χ2n) is 5.06. The molecule has 1 aliphatic rings. The molecule has 1 aliphatic heterocycles. The van der Waals surface area contributed by atoms with Crippen LogP contribution in [0.3, 0.4) is 0 Å². The van der Waals surface area contributed by atoms with Crippen LogP contribution in [0.2, 0.25) is 0 Å². The van der Waals surface area contributed by atoms with E-state index < -0.39 is 0 Å². The Morgan fingerprint density at radius 2 is 2.26 bits per heavy atom. The SMILES string of the molecule is CC[C@H]1CN(Cc2noc(C)n2)CCN1CCOC. The van der Waals surface area contributed by atoms with Crippen molar-refractivity contribution in [1.82, 2.24) is 19.9 Å². The minimum Gasteiger partial charge on any atom is -0.383 e. The summed E-state index contributed by atoms with van der Waals surface area (Å²) >= 11 is 0. The molecule has 1 aromatic rings. The minimum absolute atomic E-state index is 0.594. The Kier molecular flexibility index (Phi) is 5.30. The van der Waals surface area contributed by atoms with Crippen molar-refractivity contribution in [3.05, 3.63) is 11.7 Å². The molecule has 0 spiro atoms. The van der Waals surface area contributed by atoms with Crippen LogP contribution in [0.5, 0.6) is 0 Å². The molecule has 0 radical (unpaired) electrons. The summed E-state index contributed by atoms with van der Waals surface area (Å²) < 4.78 is 10.2. The van der Waals surface area contributed by atoms with Crippen LogP contribution in [-0.4, -0.2) is 65.9 Å². The van der Waals surface area contributed by atoms with Gasteiger partial charge in [-0.15, -0.1) is 0 Å². The standard InChI is InChI=1S/C13H24N4O2/c1-4-12-9-16(5-6-17(12)7-8-18-3)10-13-14-11(2)19-15-13/h12H,4-10H2,1-3H3/t12-/m0/s1. The third kappa shape index (κ3) is 3.99. The van der Waals surface area contributed by atoms with Gasteiger partial charge < -0.3 is 9.26 Å². The third-order valence-corrected chi connectivity index (χ3v) is 3.68. The highest BCUT2D eigenvalue weighted by atomic mass is 16.5. The molecular formula is C13H24N4O2. The molecule has 0 aromatic carbocycles. The highest BCUT2D eigenvalue weighted by molar-refractivity contribution is 4.88. The molecule has 0 amide bonds. The molecule has 0 bridgehead atoms. The Morgan fingerprint density at radius 1 is 1.42 bits per heavy atom. The van der Waals surface area contributed by atoms with E-state index >= 15 is 0 Å². The average molecular weight is 268 g/mol. The fourth-order valence-electron chi connectivity index (χ4n) is 2.60. The van der Waals surface area contributed by atoms with E-state index in [0.717, 1.165) is 51.6 Å². The van der Waals surface area contributed by atoms with Crippen molar-refractivity contribution >= 4 is 0 Å². The summed E-state index contributed by atoms with van der Waals surface area (Å²) in [4.78, 5) is 9.19. The van der Waals surface area contributed by atoms with E-state index in [4.69, 9.17) is 9.26 Å². The maximum Gasteiger partial charge on any atom is 0.223 e. The van der Waals surface area contributed by atoms with Crippen LogP contribution in [0.25, 0.3) is 0 Å². The van der Waals surface area contributed by atoms with Gasteiger partial charge >= 0.3 is 0 Å². The van der Waals surface area contributed by atoms with Gasteiger partial charge in [0.05, 0.1) is 13.2 Å². The van der Waals surface area contributed by atoms with E-state index in [2.05, 4.69) is 26.9 Å². The van der Waals surface area contributed by atoms with Gasteiger partial charge in [0.1, 0.15) is 0 Å². The second-order valence-corrected chi connectivity index (χ2v) is 5.06. The zero-order valence-corrected chi connectivity index (χ0v) is 12.1. The Labute approximate surface area is 114 Å². The van der Waals surface area contributed by atoms with E-state index in [1.165, 1.54) is 0 Å². The first-order chi connectivity index (χ1) is 9.22. The summed E-state index contributed by atoms with van der Waals surface area (Å²) in [6.07, 6.45) is 1.16. The van der Waals surface area contributed by atoms with E-state index in [9.17, 15) is 0 Å². The van der Waals surface area contributed by atoms with Gasteiger partial charge in [0, 0.05) is 46.3 Å². The van der Waals surface area contributed by atoms with E-state index in [1.807, 2.05) is 6.92 Å². The third-order valence-electron chi connectivity index (χ3n) is 3.68. The summed E-state index contributed by atoms with van der Waals surface area (Å²) in [5.41, 5.74) is 0. The topological polar surface area (TPSA) is 54.6 Å². The van der Waals surface area contributed by atoms with Gasteiger partial charge in [0.2, 0.25) is 5.89 Å². The molecule has 0 N–H and O–H groups in total. The van der Waals surface area contributed by atoms with Crippen molar-refractivity contribution in [3.8, 4) is 0 Å². The van der Waals surface area contributed by atoms with Crippen LogP contribution < -0.4 is 0 Å². The first-order valence-corrected chi connectivity index (χ1v) is 6.97.